The fraction of sp³-hybridized carbons (Fsp3) is 0.467. The SMILES string of the molecule is C[C@H]1C(=O)N(Cc2ccc(OC(F)(F)F)cc2)[C@@H](C)C(=O)N1C. The number of nitrogens with zero attached hydrogens (tertiary/aromatic N) is 2. The van der Waals surface area contributed by atoms with Crippen LogP contribution in [0.15, 0.2) is 24.3 Å². The molecule has 1 aliphatic heterocycles. The van der Waals surface area contributed by atoms with Gasteiger partial charge in [0.15, 0.2) is 0 Å². The summed E-state index contributed by atoms with van der Waals surface area (Å²) < 4.78 is 40.2. The second-order valence-electron chi connectivity index (χ2n) is 5.46. The lowest BCUT2D eigenvalue weighted by Crippen LogP contribution is -2.61. The predicted molar refractivity (Wildman–Crippen MR) is 75.4 cm³/mol. The Morgan fingerprint density at radius 1 is 1.04 bits per heavy atom. The van der Waals surface area contributed by atoms with Gasteiger partial charge in [0.25, 0.3) is 0 Å². The summed E-state index contributed by atoms with van der Waals surface area (Å²) in [4.78, 5) is 27.2. The van der Waals surface area contributed by atoms with Crippen LogP contribution in [0, 0.1) is 0 Å². The van der Waals surface area contributed by atoms with Crippen molar-refractivity contribution in [3.8, 4) is 5.75 Å². The van der Waals surface area contributed by atoms with Gasteiger partial charge in [-0.1, -0.05) is 12.1 Å². The highest BCUT2D eigenvalue weighted by atomic mass is 19.4. The molecule has 0 aromatic heterocycles. The molecule has 1 aromatic carbocycles. The van der Waals surface area contributed by atoms with Crippen LogP contribution in [0.1, 0.15) is 19.4 Å². The minimum Gasteiger partial charge on any atom is -0.406 e. The molecule has 0 aliphatic carbocycles. The van der Waals surface area contributed by atoms with E-state index < -0.39 is 18.4 Å². The highest BCUT2D eigenvalue weighted by Gasteiger charge is 2.39. The average Bonchev–Trinajstić information content (AvgIpc) is 2.48. The van der Waals surface area contributed by atoms with E-state index in [1.54, 1.807) is 20.9 Å². The first kappa shape index (κ1) is 17.1. The molecular weight excluding hydrogens is 313 g/mol. The summed E-state index contributed by atoms with van der Waals surface area (Å²) in [6.07, 6.45) is -4.74. The van der Waals surface area contributed by atoms with Crippen molar-refractivity contribution in [3.63, 3.8) is 0 Å². The fourth-order valence-electron chi connectivity index (χ4n) is 2.42. The van der Waals surface area contributed by atoms with Crippen LogP contribution in [-0.2, 0) is 16.1 Å². The van der Waals surface area contributed by atoms with Crippen molar-refractivity contribution in [2.75, 3.05) is 7.05 Å². The van der Waals surface area contributed by atoms with E-state index in [0.29, 0.717) is 5.56 Å². The molecule has 126 valence electrons. The van der Waals surface area contributed by atoms with Crippen molar-refractivity contribution in [3.05, 3.63) is 29.8 Å². The molecule has 0 bridgehead atoms. The van der Waals surface area contributed by atoms with E-state index in [1.165, 1.54) is 34.1 Å². The van der Waals surface area contributed by atoms with Crippen LogP contribution in [0.25, 0.3) is 0 Å². The number of carbonyl (C=O) groups is 2. The number of ether oxygens (including phenoxy) is 1. The van der Waals surface area contributed by atoms with Crippen molar-refractivity contribution < 1.29 is 27.5 Å². The summed E-state index contributed by atoms with van der Waals surface area (Å²) >= 11 is 0. The van der Waals surface area contributed by atoms with Gasteiger partial charge in [0, 0.05) is 13.6 Å². The maximum absolute atomic E-state index is 12.3. The Morgan fingerprint density at radius 2 is 1.61 bits per heavy atom. The second-order valence-corrected chi connectivity index (χ2v) is 5.46. The van der Waals surface area contributed by atoms with Gasteiger partial charge < -0.3 is 14.5 Å². The Bertz CT molecular complexity index is 601. The molecule has 1 fully saturated rings. The maximum Gasteiger partial charge on any atom is 0.573 e. The molecule has 1 heterocycles. The van der Waals surface area contributed by atoms with Gasteiger partial charge in [-0.25, -0.2) is 0 Å². The first-order chi connectivity index (χ1) is 10.6. The molecule has 1 aliphatic rings. The minimum atomic E-state index is -4.74. The summed E-state index contributed by atoms with van der Waals surface area (Å²) in [5, 5.41) is 0. The standard InChI is InChI=1S/C15H17F3N2O3/c1-9-14(22)20(10(2)13(21)19(9)3)8-11-4-6-12(7-5-11)23-15(16,17)18/h4-7,9-10H,8H2,1-3H3/t9-,10-/m0/s1. The molecule has 2 rings (SSSR count). The van der Waals surface area contributed by atoms with Crippen molar-refractivity contribution >= 4 is 11.8 Å². The molecule has 1 saturated heterocycles. The summed E-state index contributed by atoms with van der Waals surface area (Å²) in [5.41, 5.74) is 0.615. The number of amides is 2. The summed E-state index contributed by atoms with van der Waals surface area (Å²) in [7, 11) is 1.57. The molecule has 0 radical (unpaired) electrons. The van der Waals surface area contributed by atoms with E-state index in [2.05, 4.69) is 4.74 Å². The van der Waals surface area contributed by atoms with Gasteiger partial charge in [-0.3, -0.25) is 9.59 Å². The number of hydrogen-bond acceptors (Lipinski definition) is 3. The molecule has 2 amide bonds. The van der Waals surface area contributed by atoms with E-state index in [4.69, 9.17) is 0 Å². The maximum atomic E-state index is 12.3. The van der Waals surface area contributed by atoms with Crippen molar-refractivity contribution in [1.29, 1.82) is 0 Å². The lowest BCUT2D eigenvalue weighted by molar-refractivity contribution is -0.274. The molecule has 0 unspecified atom stereocenters. The molecule has 1 aromatic rings. The van der Waals surface area contributed by atoms with Crippen LogP contribution >= 0.6 is 0 Å². The average molecular weight is 330 g/mol. The highest BCUT2D eigenvalue weighted by Crippen LogP contribution is 2.24. The van der Waals surface area contributed by atoms with Gasteiger partial charge in [0.1, 0.15) is 17.8 Å². The Morgan fingerprint density at radius 3 is 2.13 bits per heavy atom. The zero-order chi connectivity index (χ0) is 17.4. The number of carbonyl (C=O) groups excluding carboxylic acids is 2. The number of piperazine rings is 1. The van der Waals surface area contributed by atoms with Crippen LogP contribution in [-0.4, -0.2) is 47.1 Å². The van der Waals surface area contributed by atoms with Crippen LogP contribution in [0.2, 0.25) is 0 Å². The molecule has 0 saturated carbocycles. The lowest BCUT2D eigenvalue weighted by atomic mass is 10.1. The van der Waals surface area contributed by atoms with E-state index >= 15 is 0 Å². The van der Waals surface area contributed by atoms with Crippen LogP contribution in [0.3, 0.4) is 0 Å². The first-order valence-corrected chi connectivity index (χ1v) is 7.02. The number of rotatable bonds is 3. The fourth-order valence-corrected chi connectivity index (χ4v) is 2.42. The monoisotopic (exact) mass is 330 g/mol. The topological polar surface area (TPSA) is 49.9 Å². The molecule has 23 heavy (non-hydrogen) atoms. The van der Waals surface area contributed by atoms with Gasteiger partial charge in [0.2, 0.25) is 11.8 Å². The summed E-state index contributed by atoms with van der Waals surface area (Å²) in [5.74, 6) is -0.701. The molecule has 5 nitrogen and oxygen atoms in total. The first-order valence-electron chi connectivity index (χ1n) is 7.02. The van der Waals surface area contributed by atoms with E-state index in [9.17, 15) is 22.8 Å². The lowest BCUT2D eigenvalue weighted by Gasteiger charge is -2.41. The van der Waals surface area contributed by atoms with Gasteiger partial charge in [-0.2, -0.15) is 0 Å². The smallest absolute Gasteiger partial charge is 0.406 e. The Kier molecular flexibility index (Phi) is 4.53. The normalized spacial score (nSPS) is 22.5. The largest absolute Gasteiger partial charge is 0.573 e. The third-order valence-electron chi connectivity index (χ3n) is 3.90. The number of likely N-dealkylation sites (N-methyl/N-ethyl adjacent to an activating group) is 1. The Labute approximate surface area is 131 Å². The molecule has 2 atom stereocenters. The summed E-state index contributed by atoms with van der Waals surface area (Å²) in [6.45, 7) is 3.42. The van der Waals surface area contributed by atoms with E-state index in [0.717, 1.165) is 0 Å². The molecule has 0 spiro atoms. The second kappa shape index (κ2) is 6.10. The van der Waals surface area contributed by atoms with Gasteiger partial charge >= 0.3 is 6.36 Å². The van der Waals surface area contributed by atoms with Gasteiger partial charge in [-0.05, 0) is 31.5 Å². The molecule has 0 N–H and O–H groups in total. The minimum absolute atomic E-state index is 0.149. The zero-order valence-electron chi connectivity index (χ0n) is 12.9. The molecular formula is C15H17F3N2O3. The van der Waals surface area contributed by atoms with Crippen LogP contribution in [0.4, 0.5) is 13.2 Å². The Hall–Kier alpha value is -2.25. The van der Waals surface area contributed by atoms with Crippen LogP contribution in [0.5, 0.6) is 5.75 Å². The third kappa shape index (κ3) is 3.75. The van der Waals surface area contributed by atoms with Gasteiger partial charge in [0.05, 0.1) is 0 Å². The predicted octanol–water partition coefficient (Wildman–Crippen LogP) is 2.16. The summed E-state index contributed by atoms with van der Waals surface area (Å²) in [6, 6.07) is 4.06. The molecule has 8 heteroatoms. The van der Waals surface area contributed by atoms with Gasteiger partial charge in [-0.15, -0.1) is 13.2 Å². The van der Waals surface area contributed by atoms with Crippen molar-refractivity contribution in [2.45, 2.75) is 38.8 Å². The highest BCUT2D eigenvalue weighted by molar-refractivity contribution is 5.96. The van der Waals surface area contributed by atoms with Crippen LogP contribution < -0.4 is 4.74 Å². The quantitative estimate of drug-likeness (QED) is 0.853. The zero-order valence-corrected chi connectivity index (χ0v) is 12.9. The van der Waals surface area contributed by atoms with Crippen molar-refractivity contribution in [1.82, 2.24) is 9.80 Å². The van der Waals surface area contributed by atoms with E-state index in [-0.39, 0.29) is 24.1 Å². The number of hydrogen-bond donors (Lipinski definition) is 0. The number of benzene rings is 1. The number of halogens is 3. The number of alkyl halides is 3. The third-order valence-corrected chi connectivity index (χ3v) is 3.90. The van der Waals surface area contributed by atoms with E-state index in [1.807, 2.05) is 0 Å². The Balaban J connectivity index is 2.12. The van der Waals surface area contributed by atoms with Crippen molar-refractivity contribution in [2.24, 2.45) is 0 Å².